The maximum absolute atomic E-state index is 13.3. The molecule has 0 aromatic heterocycles. The lowest BCUT2D eigenvalue weighted by Gasteiger charge is -2.38. The second kappa shape index (κ2) is 9.06. The molecule has 1 N–H and O–H groups in total. The van der Waals surface area contributed by atoms with Crippen molar-refractivity contribution in [3.05, 3.63) is 34.6 Å². The van der Waals surface area contributed by atoms with E-state index in [0.717, 1.165) is 48.8 Å². The van der Waals surface area contributed by atoms with Gasteiger partial charge in [0.25, 0.3) is 5.91 Å². The molecule has 0 unspecified atom stereocenters. The van der Waals surface area contributed by atoms with Gasteiger partial charge >= 0.3 is 0 Å². The molecule has 0 atom stereocenters. The number of hydrogen-bond donors (Lipinski definition) is 1. The van der Waals surface area contributed by atoms with Gasteiger partial charge in [0.2, 0.25) is 4.38 Å². The largest absolute Gasteiger partial charge is 0.496 e. The summed E-state index contributed by atoms with van der Waals surface area (Å²) in [4.78, 5) is 13.3. The van der Waals surface area contributed by atoms with Crippen LogP contribution in [0.2, 0.25) is 0 Å². The quantitative estimate of drug-likeness (QED) is 0.692. The van der Waals surface area contributed by atoms with Crippen LogP contribution in [0.3, 0.4) is 0 Å². The fraction of sp³-hybridized carbons (Fsp3) is 0.545. The molecule has 1 fully saturated rings. The van der Waals surface area contributed by atoms with Gasteiger partial charge in [-0.25, -0.2) is 0 Å². The molecule has 1 spiro atoms. The normalized spacial score (nSPS) is 24.0. The molecule has 1 saturated carbocycles. The molecule has 5 nitrogen and oxygen atoms in total. The van der Waals surface area contributed by atoms with Gasteiger partial charge in [-0.3, -0.25) is 4.79 Å². The van der Waals surface area contributed by atoms with Crippen molar-refractivity contribution in [3.8, 4) is 5.75 Å². The zero-order valence-electron chi connectivity index (χ0n) is 17.7. The highest BCUT2D eigenvalue weighted by atomic mass is 32.2. The predicted molar refractivity (Wildman–Crippen MR) is 121 cm³/mol. The first kappa shape index (κ1) is 22.1. The molecule has 7 heteroatoms. The van der Waals surface area contributed by atoms with Gasteiger partial charge in [0.05, 0.1) is 24.3 Å². The molecule has 1 amide bonds. The Hall–Kier alpha value is -1.57. The van der Waals surface area contributed by atoms with Crippen molar-refractivity contribution in [2.45, 2.75) is 57.6 Å². The summed E-state index contributed by atoms with van der Waals surface area (Å²) in [5, 5.41) is 3.24. The Labute approximate surface area is 182 Å². The molecule has 1 heterocycles. The van der Waals surface area contributed by atoms with Crippen LogP contribution in [0.15, 0.2) is 17.9 Å². The molecule has 158 valence electrons. The van der Waals surface area contributed by atoms with Crippen molar-refractivity contribution in [1.82, 2.24) is 5.32 Å². The molecule has 1 aliphatic heterocycles. The summed E-state index contributed by atoms with van der Waals surface area (Å²) in [6.07, 6.45) is 6.08. The molecule has 2 aliphatic rings. The van der Waals surface area contributed by atoms with E-state index in [1.807, 2.05) is 19.2 Å². The van der Waals surface area contributed by atoms with E-state index in [2.05, 4.69) is 18.3 Å². The first-order valence-corrected chi connectivity index (χ1v) is 11.6. The van der Waals surface area contributed by atoms with Crippen molar-refractivity contribution < 1.29 is 19.0 Å². The van der Waals surface area contributed by atoms with Gasteiger partial charge in [-0.1, -0.05) is 24.8 Å². The Morgan fingerprint density at radius 2 is 2.00 bits per heavy atom. The molecule has 1 aromatic carbocycles. The average Bonchev–Trinajstić information content (AvgIpc) is 2.98. The Morgan fingerprint density at radius 1 is 1.31 bits per heavy atom. The molecular formula is C22H29NO4S2. The number of hydrogen-bond acceptors (Lipinski definition) is 6. The van der Waals surface area contributed by atoms with E-state index >= 15 is 0 Å². The fourth-order valence-electron chi connectivity index (χ4n) is 4.40. The van der Waals surface area contributed by atoms with Gasteiger partial charge in [-0.05, 0) is 74.7 Å². The van der Waals surface area contributed by atoms with Crippen molar-refractivity contribution in [2.24, 2.45) is 0 Å². The first-order valence-electron chi connectivity index (χ1n) is 9.92. The van der Waals surface area contributed by atoms with Gasteiger partial charge in [-0.2, -0.15) is 0 Å². The zero-order valence-corrected chi connectivity index (χ0v) is 19.4. The van der Waals surface area contributed by atoms with Crippen LogP contribution in [0.1, 0.15) is 49.3 Å². The highest BCUT2D eigenvalue weighted by Crippen LogP contribution is 2.46. The van der Waals surface area contributed by atoms with Crippen LogP contribution in [0.4, 0.5) is 0 Å². The smallest absolute Gasteiger partial charge is 0.256 e. The van der Waals surface area contributed by atoms with Gasteiger partial charge in [-0.15, -0.1) is 0 Å². The van der Waals surface area contributed by atoms with Gasteiger partial charge < -0.3 is 19.5 Å². The van der Waals surface area contributed by atoms with Crippen LogP contribution in [0.5, 0.6) is 5.75 Å². The summed E-state index contributed by atoms with van der Waals surface area (Å²) in [5.74, 6) is 1.19. The summed E-state index contributed by atoms with van der Waals surface area (Å²) in [7, 11) is 3.37. The highest BCUT2D eigenvalue weighted by Gasteiger charge is 2.50. The zero-order chi connectivity index (χ0) is 21.2. The lowest BCUT2D eigenvalue weighted by atomic mass is 9.79. The molecule has 3 rings (SSSR count). The Kier molecular flexibility index (Phi) is 6.91. The van der Waals surface area contributed by atoms with Crippen LogP contribution in [0.25, 0.3) is 5.57 Å². The number of methoxy groups -OCH3 is 2. The minimum Gasteiger partial charge on any atom is -0.496 e. The number of carbonyl (C=O) groups excluding carboxylic acids is 1. The predicted octanol–water partition coefficient (Wildman–Crippen LogP) is 4.40. The third kappa shape index (κ3) is 4.18. The Bertz CT molecular complexity index is 816. The number of amides is 1. The fourth-order valence-corrected chi connectivity index (χ4v) is 4.65. The summed E-state index contributed by atoms with van der Waals surface area (Å²) in [6.45, 7) is 4.11. The van der Waals surface area contributed by atoms with E-state index in [4.69, 9.17) is 26.4 Å². The number of thioether (sulfide) groups is 1. The van der Waals surface area contributed by atoms with Crippen LogP contribution < -0.4 is 10.1 Å². The maximum atomic E-state index is 13.3. The average molecular weight is 436 g/mol. The van der Waals surface area contributed by atoms with Crippen molar-refractivity contribution in [3.63, 3.8) is 0 Å². The summed E-state index contributed by atoms with van der Waals surface area (Å²) in [5.41, 5.74) is 2.96. The van der Waals surface area contributed by atoms with E-state index in [1.54, 1.807) is 14.2 Å². The number of nitrogens with one attached hydrogen (secondary N) is 1. The second-order valence-electron chi connectivity index (χ2n) is 7.59. The number of thiocarbonyl (C=S) groups is 1. The third-order valence-electron chi connectivity index (χ3n) is 5.89. The Balaban J connectivity index is 2.20. The SMILES string of the molecule is CCc1cc(C)cc(OC)c1C1=C(OC(=S)SC)C2(CCC(OC)CC2)NC1=O. The van der Waals surface area contributed by atoms with E-state index in [0.29, 0.717) is 21.5 Å². The highest BCUT2D eigenvalue weighted by molar-refractivity contribution is 8.22. The van der Waals surface area contributed by atoms with Crippen LogP contribution in [-0.4, -0.2) is 42.4 Å². The maximum Gasteiger partial charge on any atom is 0.256 e. The minimum atomic E-state index is -0.553. The molecule has 1 aliphatic carbocycles. The van der Waals surface area contributed by atoms with Gasteiger partial charge in [0.1, 0.15) is 11.5 Å². The Morgan fingerprint density at radius 3 is 2.55 bits per heavy atom. The van der Waals surface area contributed by atoms with Crippen molar-refractivity contribution in [2.75, 3.05) is 20.5 Å². The van der Waals surface area contributed by atoms with Crippen molar-refractivity contribution in [1.29, 1.82) is 0 Å². The molecule has 1 aromatic rings. The number of carbonyl (C=O) groups is 1. The number of aryl methyl sites for hydroxylation is 2. The lowest BCUT2D eigenvalue weighted by molar-refractivity contribution is -0.116. The summed E-state index contributed by atoms with van der Waals surface area (Å²) >= 11 is 6.75. The first-order chi connectivity index (χ1) is 13.9. The van der Waals surface area contributed by atoms with Crippen LogP contribution in [0, 0.1) is 6.92 Å². The molecule has 0 saturated heterocycles. The van der Waals surface area contributed by atoms with Crippen LogP contribution >= 0.6 is 24.0 Å². The minimum absolute atomic E-state index is 0.128. The molecular weight excluding hydrogens is 406 g/mol. The summed E-state index contributed by atoms with van der Waals surface area (Å²) < 4.78 is 17.8. The van der Waals surface area contributed by atoms with Crippen LogP contribution in [-0.2, 0) is 20.7 Å². The number of benzene rings is 1. The summed E-state index contributed by atoms with van der Waals surface area (Å²) in [6, 6.07) is 4.07. The second-order valence-corrected chi connectivity index (χ2v) is 8.99. The lowest BCUT2D eigenvalue weighted by Crippen LogP contribution is -2.49. The number of rotatable bonds is 5. The van der Waals surface area contributed by atoms with Crippen molar-refractivity contribution >= 4 is 39.8 Å². The molecule has 29 heavy (non-hydrogen) atoms. The number of ether oxygens (including phenoxy) is 3. The van der Waals surface area contributed by atoms with E-state index in [1.165, 1.54) is 11.8 Å². The van der Waals surface area contributed by atoms with Gasteiger partial charge in [0.15, 0.2) is 0 Å². The van der Waals surface area contributed by atoms with E-state index in [-0.39, 0.29) is 12.0 Å². The molecule has 0 bridgehead atoms. The molecule has 0 radical (unpaired) electrons. The van der Waals surface area contributed by atoms with E-state index in [9.17, 15) is 4.79 Å². The topological polar surface area (TPSA) is 56.8 Å². The van der Waals surface area contributed by atoms with Gasteiger partial charge in [0, 0.05) is 12.7 Å². The standard InChI is InChI=1S/C22H29NO4S2/c1-6-14-11-13(2)12-16(26-4)17(14)18-19(27-21(28)29-5)22(23-20(18)24)9-7-15(25-3)8-10-22/h11-12,15H,6-10H2,1-5H3,(H,23,24). The van der Waals surface area contributed by atoms with E-state index < -0.39 is 5.54 Å². The third-order valence-corrected chi connectivity index (χ3v) is 6.89. The monoisotopic (exact) mass is 435 g/mol.